The number of nitrogens with zero attached hydrogens (tertiary/aromatic N) is 1. The van der Waals surface area contributed by atoms with Crippen LogP contribution in [0.15, 0.2) is 24.3 Å². The molecule has 0 aliphatic carbocycles. The third-order valence-corrected chi connectivity index (χ3v) is 6.59. The fourth-order valence-corrected chi connectivity index (χ4v) is 4.23. The first kappa shape index (κ1) is 25.0. The third kappa shape index (κ3) is 6.90. The maximum atomic E-state index is 13.6. The topological polar surface area (TPSA) is 87.5 Å². The number of amides is 2. The van der Waals surface area contributed by atoms with Crippen LogP contribution in [0.25, 0.3) is 0 Å². The van der Waals surface area contributed by atoms with E-state index in [1.165, 1.54) is 0 Å². The highest BCUT2D eigenvalue weighted by Gasteiger charge is 2.38. The summed E-state index contributed by atoms with van der Waals surface area (Å²) in [6.45, 7) is 5.60. The number of hydrogen-bond acceptors (Lipinski definition) is 6. The van der Waals surface area contributed by atoms with Crippen molar-refractivity contribution >= 4 is 36.2 Å². The van der Waals surface area contributed by atoms with Crippen LogP contribution in [-0.2, 0) is 22.6 Å². The van der Waals surface area contributed by atoms with Gasteiger partial charge in [-0.25, -0.2) is 0 Å². The molecular formula is C22H36N4O2S2. The molecule has 0 radical (unpaired) electrons. The molecule has 0 saturated carbocycles. The van der Waals surface area contributed by atoms with Crippen LogP contribution >= 0.6 is 24.4 Å². The summed E-state index contributed by atoms with van der Waals surface area (Å²) in [5.41, 5.74) is 8.23. The third-order valence-electron chi connectivity index (χ3n) is 5.43. The monoisotopic (exact) mass is 452 g/mol. The zero-order chi connectivity index (χ0) is 22.1. The van der Waals surface area contributed by atoms with E-state index in [1.54, 1.807) is 16.7 Å². The van der Waals surface area contributed by atoms with Crippen molar-refractivity contribution in [2.45, 2.75) is 51.4 Å². The fraction of sp³-hybridized carbons (Fsp3) is 0.636. The van der Waals surface area contributed by atoms with Gasteiger partial charge in [0.1, 0.15) is 6.04 Å². The molecule has 6 nitrogen and oxygen atoms in total. The number of thiol groups is 1. The van der Waals surface area contributed by atoms with E-state index < -0.39 is 12.1 Å². The van der Waals surface area contributed by atoms with Gasteiger partial charge >= 0.3 is 0 Å². The largest absolute Gasteiger partial charge is 0.354 e. The lowest BCUT2D eigenvalue weighted by molar-refractivity contribution is -0.144. The molecule has 0 bridgehead atoms. The Morgan fingerprint density at radius 3 is 2.63 bits per heavy atom. The highest BCUT2D eigenvalue weighted by molar-refractivity contribution is 7.98. The first-order chi connectivity index (χ1) is 14.4. The van der Waals surface area contributed by atoms with Gasteiger partial charge in [-0.2, -0.15) is 24.4 Å². The van der Waals surface area contributed by atoms with Crippen LogP contribution in [0, 0.1) is 5.92 Å². The van der Waals surface area contributed by atoms with Gasteiger partial charge in [0.05, 0.1) is 6.04 Å². The van der Waals surface area contributed by atoms with Crippen molar-refractivity contribution in [2.24, 2.45) is 11.7 Å². The summed E-state index contributed by atoms with van der Waals surface area (Å²) >= 11 is 5.99. The average molecular weight is 453 g/mol. The molecule has 30 heavy (non-hydrogen) atoms. The molecule has 0 saturated heterocycles. The lowest BCUT2D eigenvalue weighted by Gasteiger charge is -2.39. The normalized spacial score (nSPS) is 18.1. The van der Waals surface area contributed by atoms with E-state index in [0.717, 1.165) is 23.3 Å². The van der Waals surface area contributed by atoms with E-state index in [4.69, 9.17) is 5.73 Å². The van der Waals surface area contributed by atoms with Gasteiger partial charge in [-0.05, 0) is 35.5 Å². The summed E-state index contributed by atoms with van der Waals surface area (Å²) in [7, 11) is 0. The zero-order valence-corrected chi connectivity index (χ0v) is 20.0. The number of nitrogens with two attached hydrogens (primary N) is 1. The fourth-order valence-electron chi connectivity index (χ4n) is 3.66. The number of hydrogen-bond donors (Lipinski definition) is 4. The first-order valence-corrected chi connectivity index (χ1v) is 12.6. The van der Waals surface area contributed by atoms with Crippen LogP contribution in [0.1, 0.15) is 31.4 Å². The van der Waals surface area contributed by atoms with E-state index in [-0.39, 0.29) is 23.8 Å². The van der Waals surface area contributed by atoms with E-state index in [9.17, 15) is 9.59 Å². The predicted octanol–water partition coefficient (Wildman–Crippen LogP) is 1.68. The van der Waals surface area contributed by atoms with Crippen molar-refractivity contribution in [3.8, 4) is 0 Å². The van der Waals surface area contributed by atoms with Crippen molar-refractivity contribution in [1.29, 1.82) is 0 Å². The average Bonchev–Trinajstić information content (AvgIpc) is 2.75. The summed E-state index contributed by atoms with van der Waals surface area (Å²) in [6, 6.07) is 7.04. The number of fused-ring (bicyclic) bond motifs is 1. The second kappa shape index (κ2) is 12.6. The van der Waals surface area contributed by atoms with E-state index in [2.05, 4.69) is 35.6 Å². The maximum absolute atomic E-state index is 13.6. The highest BCUT2D eigenvalue weighted by Crippen LogP contribution is 2.25. The zero-order valence-electron chi connectivity index (χ0n) is 18.3. The van der Waals surface area contributed by atoms with Crippen LogP contribution in [0.4, 0.5) is 0 Å². The minimum atomic E-state index is -0.497. The molecule has 1 aromatic rings. The van der Waals surface area contributed by atoms with Gasteiger partial charge < -0.3 is 21.3 Å². The van der Waals surface area contributed by atoms with Gasteiger partial charge in [0.2, 0.25) is 11.8 Å². The molecule has 3 atom stereocenters. The first-order valence-electron chi connectivity index (χ1n) is 10.6. The molecule has 0 spiro atoms. The molecule has 168 valence electrons. The summed E-state index contributed by atoms with van der Waals surface area (Å²) < 4.78 is 0. The minimum Gasteiger partial charge on any atom is -0.354 e. The van der Waals surface area contributed by atoms with Crippen LogP contribution in [0.3, 0.4) is 0 Å². The Labute approximate surface area is 190 Å². The van der Waals surface area contributed by atoms with Crippen LogP contribution < -0.4 is 16.4 Å². The summed E-state index contributed by atoms with van der Waals surface area (Å²) in [6.07, 6.45) is 3.51. The number of carbonyl (C=O) groups is 2. The molecule has 1 aromatic carbocycles. The Bertz CT molecular complexity index is 701. The van der Waals surface area contributed by atoms with Gasteiger partial charge in [0, 0.05) is 37.8 Å². The molecule has 1 aliphatic heterocycles. The minimum absolute atomic E-state index is 0.0462. The summed E-state index contributed by atoms with van der Waals surface area (Å²) in [5.74, 6) is 1.50. The number of thioether (sulfide) groups is 1. The van der Waals surface area contributed by atoms with E-state index in [1.807, 2.05) is 32.0 Å². The predicted molar refractivity (Wildman–Crippen MR) is 129 cm³/mol. The Balaban J connectivity index is 2.20. The lowest BCUT2D eigenvalue weighted by Crippen LogP contribution is -2.59. The van der Waals surface area contributed by atoms with Crippen LogP contribution in [-0.4, -0.2) is 65.7 Å². The quantitative estimate of drug-likeness (QED) is 0.303. The summed E-state index contributed by atoms with van der Waals surface area (Å²) in [5, 5.41) is 6.34. The van der Waals surface area contributed by atoms with Crippen molar-refractivity contribution in [3.05, 3.63) is 35.4 Å². The molecule has 1 aliphatic rings. The molecule has 0 fully saturated rings. The lowest BCUT2D eigenvalue weighted by atomic mass is 9.91. The number of rotatable bonds is 11. The van der Waals surface area contributed by atoms with Crippen molar-refractivity contribution in [1.82, 2.24) is 15.5 Å². The summed E-state index contributed by atoms with van der Waals surface area (Å²) in [4.78, 5) is 28.3. The number of benzene rings is 1. The Hall–Kier alpha value is -1.22. The van der Waals surface area contributed by atoms with Gasteiger partial charge in [0.25, 0.3) is 0 Å². The maximum Gasteiger partial charge on any atom is 0.243 e. The molecule has 4 N–H and O–H groups in total. The van der Waals surface area contributed by atoms with Crippen molar-refractivity contribution < 1.29 is 9.59 Å². The van der Waals surface area contributed by atoms with Crippen molar-refractivity contribution in [3.63, 3.8) is 0 Å². The van der Waals surface area contributed by atoms with Crippen molar-refractivity contribution in [2.75, 3.05) is 30.9 Å². The smallest absolute Gasteiger partial charge is 0.243 e. The molecule has 0 aromatic heterocycles. The van der Waals surface area contributed by atoms with Crippen LogP contribution in [0.2, 0.25) is 0 Å². The second-order valence-corrected chi connectivity index (χ2v) is 9.52. The number of nitrogens with one attached hydrogen (secondary N) is 2. The standard InChI is InChI=1S/C22H36N4O2S2/c1-15(2)20(25-12-18(23)14-29)22(28)26-13-17-8-5-4-7-16(17)11-19(26)21(27)24-9-6-10-30-3/h4-5,7-8,15,18-20,25,29H,6,9-14,23H2,1-3H3,(H,24,27)/t18?,19-,20+/m1/s1. The SMILES string of the molecule is CSCCCNC(=O)[C@H]1Cc2ccccc2CN1C(=O)[C@@H](NCC(N)CS)C(C)C. The van der Waals surface area contributed by atoms with Gasteiger partial charge in [0.15, 0.2) is 0 Å². The van der Waals surface area contributed by atoms with Gasteiger partial charge in [-0.1, -0.05) is 38.1 Å². The van der Waals surface area contributed by atoms with Gasteiger partial charge in [-0.3, -0.25) is 9.59 Å². The van der Waals surface area contributed by atoms with Gasteiger partial charge in [-0.15, -0.1) is 0 Å². The molecule has 1 unspecified atom stereocenters. The molecular weight excluding hydrogens is 416 g/mol. The van der Waals surface area contributed by atoms with Crippen LogP contribution in [0.5, 0.6) is 0 Å². The molecule has 1 heterocycles. The second-order valence-electron chi connectivity index (χ2n) is 8.16. The number of carbonyl (C=O) groups excluding carboxylic acids is 2. The Morgan fingerprint density at radius 1 is 1.30 bits per heavy atom. The highest BCUT2D eigenvalue weighted by atomic mass is 32.2. The van der Waals surface area contributed by atoms with E-state index in [0.29, 0.717) is 31.8 Å². The molecule has 2 amide bonds. The Kier molecular flexibility index (Phi) is 10.5. The van der Waals surface area contributed by atoms with E-state index >= 15 is 0 Å². The molecule has 2 rings (SSSR count). The molecule has 8 heteroatoms. The Morgan fingerprint density at radius 2 is 2.00 bits per heavy atom.